The Morgan fingerprint density at radius 2 is 0.723 bits per heavy atom. The van der Waals surface area contributed by atoms with E-state index in [1.54, 1.807) is 0 Å². The Morgan fingerprint density at radius 1 is 0.468 bits per heavy atom. The molecule has 0 saturated carbocycles. The number of hydrogen-bond donors (Lipinski definition) is 0. The first kappa shape index (κ1) is 47.4. The third kappa shape index (κ3) is 11.7. The molecule has 0 N–H and O–H groups in total. The van der Waals surface area contributed by atoms with E-state index in [9.17, 15) is 0 Å². The summed E-state index contributed by atoms with van der Waals surface area (Å²) < 4.78 is 0. The van der Waals surface area contributed by atoms with E-state index in [2.05, 4.69) is 140 Å². The predicted molar refractivity (Wildman–Crippen MR) is 190 cm³/mol. The first-order valence-electron chi connectivity index (χ1n) is 16.5. The smallest absolute Gasteiger partial charge is 1.00 e. The van der Waals surface area contributed by atoms with Crippen LogP contribution in [0.3, 0.4) is 0 Å². The van der Waals surface area contributed by atoms with Gasteiger partial charge in [-0.2, -0.15) is 0 Å². The Kier molecular flexibility index (Phi) is 20.3. The summed E-state index contributed by atoms with van der Waals surface area (Å²) in [6, 6.07) is 13.8. The first-order chi connectivity index (χ1) is 20.0. The SMILES string of the molecule is CC(=Nc1c(C(C)C)cc(C(C)C)cc1C(C)C)c1cc(C)cc(C(C)=Nc2c(C(C)C)cc(C(C)C)cc2C(C)C)n1.[Cl-].[Cl-].[Cl-].[Co+3]. The fourth-order valence-electron chi connectivity index (χ4n) is 5.58. The van der Waals surface area contributed by atoms with Crippen LogP contribution < -0.4 is 37.2 Å². The Hall–Kier alpha value is -1.69. The third-order valence-corrected chi connectivity index (χ3v) is 8.47. The number of rotatable bonds is 10. The van der Waals surface area contributed by atoms with Gasteiger partial charge in [0.2, 0.25) is 0 Å². The largest absolute Gasteiger partial charge is 3.00 e. The van der Waals surface area contributed by atoms with Crippen molar-refractivity contribution < 1.29 is 54.0 Å². The molecule has 0 amide bonds. The zero-order valence-electron chi connectivity index (χ0n) is 31.2. The number of nitrogens with zero attached hydrogens (tertiary/aromatic N) is 3. The molecule has 0 saturated heterocycles. The summed E-state index contributed by atoms with van der Waals surface area (Å²) >= 11 is 0. The number of pyridine rings is 1. The molecule has 0 aliphatic heterocycles. The van der Waals surface area contributed by atoms with Crippen molar-refractivity contribution in [3.63, 3.8) is 0 Å². The van der Waals surface area contributed by atoms with Gasteiger partial charge < -0.3 is 37.2 Å². The molecule has 3 rings (SSSR count). The van der Waals surface area contributed by atoms with Gasteiger partial charge in [0.15, 0.2) is 0 Å². The van der Waals surface area contributed by atoms with Crippen molar-refractivity contribution in [2.24, 2.45) is 9.98 Å². The molecule has 3 nitrogen and oxygen atoms in total. The van der Waals surface area contributed by atoms with Gasteiger partial charge >= 0.3 is 16.8 Å². The van der Waals surface area contributed by atoms with Gasteiger partial charge in [-0.1, -0.05) is 107 Å². The van der Waals surface area contributed by atoms with E-state index in [-0.39, 0.29) is 54.0 Å². The average molecular weight is 745 g/mol. The second-order valence-electron chi connectivity index (χ2n) is 14.3. The zero-order chi connectivity index (χ0) is 32.3. The van der Waals surface area contributed by atoms with E-state index in [0.717, 1.165) is 39.7 Å². The molecule has 0 unspecified atom stereocenters. The number of hydrogen-bond acceptors (Lipinski definition) is 3. The third-order valence-electron chi connectivity index (χ3n) is 8.47. The number of aryl methyl sites for hydroxylation is 1. The van der Waals surface area contributed by atoms with E-state index >= 15 is 0 Å². The summed E-state index contributed by atoms with van der Waals surface area (Å²) in [5, 5.41) is 0. The second-order valence-corrected chi connectivity index (χ2v) is 14.3. The molecule has 3 aromatic rings. The van der Waals surface area contributed by atoms with Crippen molar-refractivity contribution in [2.75, 3.05) is 0 Å². The van der Waals surface area contributed by atoms with Crippen LogP contribution in [0.1, 0.15) is 183 Å². The maximum absolute atomic E-state index is 5.31. The Morgan fingerprint density at radius 3 is 0.936 bits per heavy atom. The Balaban J connectivity index is 0. The molecule has 262 valence electrons. The van der Waals surface area contributed by atoms with Crippen LogP contribution in [0.15, 0.2) is 46.4 Å². The molecule has 0 fully saturated rings. The van der Waals surface area contributed by atoms with E-state index < -0.39 is 0 Å². The molecule has 0 bridgehead atoms. The molecule has 0 spiro atoms. The molecule has 0 aliphatic carbocycles. The minimum atomic E-state index is 0. The maximum atomic E-state index is 5.31. The number of halogens is 3. The van der Waals surface area contributed by atoms with Gasteiger partial charge in [-0.15, -0.1) is 0 Å². The van der Waals surface area contributed by atoms with Crippen molar-refractivity contribution in [1.82, 2.24) is 4.98 Å². The van der Waals surface area contributed by atoms with E-state index in [0.29, 0.717) is 35.5 Å². The molecule has 0 aliphatic rings. The van der Waals surface area contributed by atoms with Gasteiger partial charge in [0.05, 0.1) is 34.2 Å². The maximum Gasteiger partial charge on any atom is 3.00 e. The summed E-state index contributed by atoms with van der Waals surface area (Å²) in [6.45, 7) is 33.6. The fourth-order valence-corrected chi connectivity index (χ4v) is 5.58. The summed E-state index contributed by atoms with van der Waals surface area (Å²) in [5.74, 6) is 2.48. The number of benzene rings is 2. The molecule has 0 radical (unpaired) electrons. The molecule has 1 aromatic heterocycles. The van der Waals surface area contributed by atoms with Gasteiger partial charge in [0, 0.05) is 0 Å². The van der Waals surface area contributed by atoms with Crippen molar-refractivity contribution in [3.8, 4) is 0 Å². The van der Waals surface area contributed by atoms with Crippen LogP contribution in [-0.4, -0.2) is 16.4 Å². The molecule has 0 atom stereocenters. The number of aromatic nitrogens is 1. The molecule has 1 heterocycles. The Bertz CT molecular complexity index is 1350. The fraction of sp³-hybridized carbons (Fsp3) is 0.525. The summed E-state index contributed by atoms with van der Waals surface area (Å²) in [6.07, 6.45) is 0. The van der Waals surface area contributed by atoms with Crippen LogP contribution in [0.5, 0.6) is 0 Å². The van der Waals surface area contributed by atoms with Crippen molar-refractivity contribution >= 4 is 22.8 Å². The molecular weight excluding hydrogens is 688 g/mol. The summed E-state index contributed by atoms with van der Waals surface area (Å²) in [5.41, 5.74) is 15.1. The van der Waals surface area contributed by atoms with Gasteiger partial charge in [0.1, 0.15) is 0 Å². The molecule has 47 heavy (non-hydrogen) atoms. The van der Waals surface area contributed by atoms with Crippen molar-refractivity contribution in [3.05, 3.63) is 86.7 Å². The monoisotopic (exact) mass is 743 g/mol. The van der Waals surface area contributed by atoms with Crippen LogP contribution in [-0.2, 0) is 16.8 Å². The second kappa shape index (κ2) is 20.1. The number of aliphatic imine (C=N–C) groups is 2. The molecule has 7 heteroatoms. The average Bonchev–Trinajstić information content (AvgIpc) is 2.91. The topological polar surface area (TPSA) is 37.6 Å². The first-order valence-corrected chi connectivity index (χ1v) is 16.5. The minimum absolute atomic E-state index is 0. The van der Waals surface area contributed by atoms with E-state index in [1.807, 2.05) is 0 Å². The van der Waals surface area contributed by atoms with Crippen LogP contribution in [0.4, 0.5) is 11.4 Å². The van der Waals surface area contributed by atoms with Gasteiger partial charge in [0.25, 0.3) is 0 Å². The molecular formula is C40H57Cl3CoN3. The predicted octanol–water partition coefficient (Wildman–Crippen LogP) is 3.42. The summed E-state index contributed by atoms with van der Waals surface area (Å²) in [4.78, 5) is 15.8. The standard InChI is InChI=1S/C40H57N3.3ClH.Co/c1-22(2)31-18-33(24(5)6)39(34(19-31)25(7)8)41-29(14)37-16-28(13)17-38(43-37)30(15)42-40-35(26(9)10)20-32(23(3)4)21-36(40)27(11)12;;;;/h16-27H,1-15H3;3*1H;/q;;;;+3/p-3. The van der Waals surface area contributed by atoms with E-state index in [4.69, 9.17) is 15.0 Å². The Labute approximate surface area is 316 Å². The van der Waals surface area contributed by atoms with Gasteiger partial charge in [-0.25, -0.2) is 4.98 Å². The molecule has 2 aromatic carbocycles. The van der Waals surface area contributed by atoms with Crippen LogP contribution in [0, 0.1) is 6.92 Å². The van der Waals surface area contributed by atoms with Gasteiger partial charge in [-0.05, 0) is 107 Å². The van der Waals surface area contributed by atoms with Crippen LogP contribution >= 0.6 is 0 Å². The normalized spacial score (nSPS) is 12.0. The van der Waals surface area contributed by atoms with Crippen LogP contribution in [0.25, 0.3) is 0 Å². The van der Waals surface area contributed by atoms with Crippen LogP contribution in [0.2, 0.25) is 0 Å². The van der Waals surface area contributed by atoms with E-state index in [1.165, 1.54) is 33.4 Å². The van der Waals surface area contributed by atoms with Crippen molar-refractivity contribution in [2.45, 2.75) is 139 Å². The van der Waals surface area contributed by atoms with Gasteiger partial charge in [-0.3, -0.25) is 9.98 Å². The zero-order valence-corrected chi connectivity index (χ0v) is 34.5. The van der Waals surface area contributed by atoms with Crippen molar-refractivity contribution in [1.29, 1.82) is 0 Å². The minimum Gasteiger partial charge on any atom is -1.00 e. The quantitative estimate of drug-likeness (QED) is 0.294. The summed E-state index contributed by atoms with van der Waals surface area (Å²) in [7, 11) is 0.